The minimum atomic E-state index is -0.486. The lowest BCUT2D eigenvalue weighted by molar-refractivity contribution is -0.160. The van der Waals surface area contributed by atoms with Crippen molar-refractivity contribution in [1.82, 2.24) is 24.9 Å². The molecule has 3 rings (SSSR count). The van der Waals surface area contributed by atoms with Crippen molar-refractivity contribution >= 4 is 5.91 Å². The second-order valence-electron chi connectivity index (χ2n) is 6.21. The van der Waals surface area contributed by atoms with Crippen LogP contribution in [0, 0.1) is 0 Å². The van der Waals surface area contributed by atoms with Crippen LogP contribution in [0.2, 0.25) is 0 Å². The predicted octanol–water partition coefficient (Wildman–Crippen LogP) is 1.55. The van der Waals surface area contributed by atoms with Gasteiger partial charge in [-0.15, -0.1) is 0 Å². The predicted molar refractivity (Wildman–Crippen MR) is 95.0 cm³/mol. The van der Waals surface area contributed by atoms with E-state index in [0.717, 1.165) is 22.5 Å². The second kappa shape index (κ2) is 8.37. The maximum atomic E-state index is 12.6. The van der Waals surface area contributed by atoms with Gasteiger partial charge in [-0.3, -0.25) is 9.48 Å². The van der Waals surface area contributed by atoms with E-state index in [-0.39, 0.29) is 12.3 Å². The molecule has 3 heterocycles. The van der Waals surface area contributed by atoms with Crippen LogP contribution >= 0.6 is 0 Å². The molecule has 0 saturated carbocycles. The minimum Gasteiger partial charge on any atom is -0.352 e. The van der Waals surface area contributed by atoms with Gasteiger partial charge in [0.1, 0.15) is 0 Å². The Morgan fingerprint density at radius 1 is 1.27 bits per heavy atom. The van der Waals surface area contributed by atoms with E-state index < -0.39 is 6.29 Å². The van der Waals surface area contributed by atoms with Gasteiger partial charge in [0, 0.05) is 51.5 Å². The molecule has 0 unspecified atom stereocenters. The van der Waals surface area contributed by atoms with Gasteiger partial charge in [-0.2, -0.15) is 15.3 Å². The molecule has 8 heteroatoms. The Kier molecular flexibility index (Phi) is 5.95. The molecule has 0 aliphatic carbocycles. The molecule has 0 bridgehead atoms. The fraction of sp³-hybridized carbons (Fsp3) is 0.556. The average Bonchev–Trinajstić information content (AvgIpc) is 3.07. The molecule has 0 radical (unpaired) electrons. The Labute approximate surface area is 153 Å². The quantitative estimate of drug-likeness (QED) is 0.698. The zero-order chi connectivity index (χ0) is 18.5. The zero-order valence-corrected chi connectivity index (χ0v) is 15.5. The molecule has 1 aliphatic rings. The first-order valence-corrected chi connectivity index (χ1v) is 8.96. The summed E-state index contributed by atoms with van der Waals surface area (Å²) >= 11 is 0. The number of carbonyl (C=O) groups excluding carboxylic acids is 1. The van der Waals surface area contributed by atoms with Crippen LogP contribution in [0.15, 0.2) is 18.5 Å². The molecule has 0 spiro atoms. The highest BCUT2D eigenvalue weighted by atomic mass is 16.7. The highest BCUT2D eigenvalue weighted by Gasteiger charge is 2.25. The Bertz CT molecular complexity index is 755. The lowest BCUT2D eigenvalue weighted by Gasteiger charge is -2.29. The maximum absolute atomic E-state index is 12.6. The van der Waals surface area contributed by atoms with Crippen molar-refractivity contribution in [3.63, 3.8) is 0 Å². The van der Waals surface area contributed by atoms with Gasteiger partial charge in [-0.25, -0.2) is 0 Å². The van der Waals surface area contributed by atoms with Crippen LogP contribution in [0.1, 0.15) is 31.5 Å². The molecule has 1 aliphatic heterocycles. The topological polar surface area (TPSA) is 82.4 Å². The van der Waals surface area contributed by atoms with Crippen molar-refractivity contribution in [3.05, 3.63) is 29.7 Å². The molecule has 2 aromatic rings. The van der Waals surface area contributed by atoms with Crippen LogP contribution in [0.5, 0.6) is 0 Å². The molecule has 0 N–H and O–H groups in total. The monoisotopic (exact) mass is 359 g/mol. The number of carbonyl (C=O) groups is 1. The molecule has 0 fully saturated rings. The third kappa shape index (κ3) is 4.25. The van der Waals surface area contributed by atoms with E-state index in [0.29, 0.717) is 32.7 Å². The van der Waals surface area contributed by atoms with Crippen molar-refractivity contribution < 1.29 is 14.3 Å². The maximum Gasteiger partial charge on any atom is 0.227 e. The summed E-state index contributed by atoms with van der Waals surface area (Å²) in [6, 6.07) is 2.00. The first-order valence-electron chi connectivity index (χ1n) is 8.96. The average molecular weight is 359 g/mol. The Morgan fingerprint density at radius 2 is 2.04 bits per heavy atom. The number of rotatable bonds is 7. The van der Waals surface area contributed by atoms with Crippen LogP contribution in [-0.4, -0.2) is 56.8 Å². The summed E-state index contributed by atoms with van der Waals surface area (Å²) in [5, 5.41) is 12.8. The van der Waals surface area contributed by atoms with Crippen LogP contribution in [0.4, 0.5) is 0 Å². The molecule has 0 saturated heterocycles. The first-order chi connectivity index (χ1) is 12.6. The van der Waals surface area contributed by atoms with E-state index in [1.165, 1.54) is 0 Å². The van der Waals surface area contributed by atoms with Gasteiger partial charge in [0.05, 0.1) is 24.0 Å². The van der Waals surface area contributed by atoms with Gasteiger partial charge in [-0.1, -0.05) is 0 Å². The summed E-state index contributed by atoms with van der Waals surface area (Å²) in [7, 11) is 1.86. The number of aromatic nitrogens is 4. The number of amides is 1. The molecular formula is C18H25N5O3. The van der Waals surface area contributed by atoms with E-state index in [9.17, 15) is 4.79 Å². The van der Waals surface area contributed by atoms with Crippen LogP contribution in [-0.2, 0) is 34.3 Å². The molecule has 0 aromatic carbocycles. The minimum absolute atomic E-state index is 0.0299. The normalized spacial score (nSPS) is 13.9. The van der Waals surface area contributed by atoms with Crippen LogP contribution in [0.3, 0.4) is 0 Å². The Balaban J connectivity index is 1.70. The van der Waals surface area contributed by atoms with Gasteiger partial charge in [0.15, 0.2) is 6.29 Å². The Hall–Kier alpha value is -2.32. The van der Waals surface area contributed by atoms with Crippen molar-refractivity contribution in [3.8, 4) is 11.3 Å². The van der Waals surface area contributed by atoms with E-state index in [1.807, 2.05) is 38.1 Å². The summed E-state index contributed by atoms with van der Waals surface area (Å²) in [5.74, 6) is 0.0299. The fourth-order valence-electron chi connectivity index (χ4n) is 3.05. The van der Waals surface area contributed by atoms with Crippen molar-refractivity contribution in [2.24, 2.45) is 7.05 Å². The largest absolute Gasteiger partial charge is 0.352 e. The van der Waals surface area contributed by atoms with Gasteiger partial charge in [0.25, 0.3) is 0 Å². The SMILES string of the molecule is CCOC(CC(=O)N1CCc2nnc(-c3cnn(C)c3)cc2C1)OCC. The van der Waals surface area contributed by atoms with Crippen molar-refractivity contribution in [1.29, 1.82) is 0 Å². The van der Waals surface area contributed by atoms with Gasteiger partial charge in [0.2, 0.25) is 5.91 Å². The summed E-state index contributed by atoms with van der Waals surface area (Å²) in [6.45, 7) is 5.99. The zero-order valence-electron chi connectivity index (χ0n) is 15.5. The molecule has 1 amide bonds. The highest BCUT2D eigenvalue weighted by molar-refractivity contribution is 5.77. The molecule has 0 atom stereocenters. The lowest BCUT2D eigenvalue weighted by atomic mass is 10.0. The number of ether oxygens (including phenoxy) is 2. The molecule has 140 valence electrons. The van der Waals surface area contributed by atoms with Gasteiger partial charge >= 0.3 is 0 Å². The third-order valence-electron chi connectivity index (χ3n) is 4.34. The highest BCUT2D eigenvalue weighted by Crippen LogP contribution is 2.23. The Morgan fingerprint density at radius 3 is 2.69 bits per heavy atom. The summed E-state index contributed by atoms with van der Waals surface area (Å²) in [4.78, 5) is 14.5. The van der Waals surface area contributed by atoms with Crippen molar-refractivity contribution in [2.45, 2.75) is 39.5 Å². The fourth-order valence-corrected chi connectivity index (χ4v) is 3.05. The number of hydrogen-bond donors (Lipinski definition) is 0. The molecule has 26 heavy (non-hydrogen) atoms. The summed E-state index contributed by atoms with van der Waals surface area (Å²) in [6.07, 6.45) is 4.11. The molecule has 8 nitrogen and oxygen atoms in total. The first kappa shape index (κ1) is 18.5. The van der Waals surface area contributed by atoms with Crippen LogP contribution < -0.4 is 0 Å². The number of aryl methyl sites for hydroxylation is 1. The van der Waals surface area contributed by atoms with E-state index in [2.05, 4.69) is 15.3 Å². The standard InChI is InChI=1S/C18H25N5O3/c1-4-25-18(26-5-2)9-17(24)23-7-6-15-13(12-23)8-16(21-20-15)14-10-19-22(3)11-14/h8,10-11,18H,4-7,9,12H2,1-3H3. The summed E-state index contributed by atoms with van der Waals surface area (Å²) < 4.78 is 12.7. The number of nitrogens with zero attached hydrogens (tertiary/aromatic N) is 5. The summed E-state index contributed by atoms with van der Waals surface area (Å²) in [5.41, 5.74) is 3.67. The van der Waals surface area contributed by atoms with E-state index >= 15 is 0 Å². The van der Waals surface area contributed by atoms with Crippen molar-refractivity contribution in [2.75, 3.05) is 19.8 Å². The number of hydrogen-bond acceptors (Lipinski definition) is 6. The van der Waals surface area contributed by atoms with Gasteiger partial charge < -0.3 is 14.4 Å². The number of fused-ring (bicyclic) bond motifs is 1. The smallest absolute Gasteiger partial charge is 0.227 e. The molecule has 2 aromatic heterocycles. The third-order valence-corrected chi connectivity index (χ3v) is 4.34. The molecular weight excluding hydrogens is 334 g/mol. The van der Waals surface area contributed by atoms with E-state index in [1.54, 1.807) is 10.9 Å². The van der Waals surface area contributed by atoms with Crippen LogP contribution in [0.25, 0.3) is 11.3 Å². The second-order valence-corrected chi connectivity index (χ2v) is 6.21. The lowest BCUT2D eigenvalue weighted by Crippen LogP contribution is -2.39. The van der Waals surface area contributed by atoms with E-state index in [4.69, 9.17) is 9.47 Å². The van der Waals surface area contributed by atoms with Gasteiger partial charge in [-0.05, 0) is 25.5 Å².